The normalized spacial score (nSPS) is 15.6. The van der Waals surface area contributed by atoms with Crippen molar-refractivity contribution in [3.63, 3.8) is 0 Å². The topological polar surface area (TPSA) is 48.9 Å². The van der Waals surface area contributed by atoms with Crippen molar-refractivity contribution >= 4 is 11.3 Å². The minimum Gasteiger partial charge on any atom is -0.396 e. The maximum Gasteiger partial charge on any atom is 0.106 e. The summed E-state index contributed by atoms with van der Waals surface area (Å²) in [5.41, 5.74) is 3.50. The Labute approximate surface area is 98.1 Å². The second-order valence-corrected chi connectivity index (χ2v) is 5.14. The van der Waals surface area contributed by atoms with E-state index in [-0.39, 0.29) is 6.61 Å². The SMILES string of the molecule is OCCc1c(-c2cccs2)n[nH]c1C1CC1. The number of H-pyrrole nitrogens is 1. The molecule has 2 aromatic heterocycles. The Morgan fingerprint density at radius 2 is 2.38 bits per heavy atom. The van der Waals surface area contributed by atoms with Crippen molar-refractivity contribution in [2.24, 2.45) is 0 Å². The van der Waals surface area contributed by atoms with Crippen molar-refractivity contribution in [3.8, 4) is 10.6 Å². The molecule has 1 fully saturated rings. The largest absolute Gasteiger partial charge is 0.396 e. The van der Waals surface area contributed by atoms with Crippen molar-refractivity contribution in [1.82, 2.24) is 10.2 Å². The van der Waals surface area contributed by atoms with Gasteiger partial charge in [-0.2, -0.15) is 5.10 Å². The predicted molar refractivity (Wildman–Crippen MR) is 64.7 cm³/mol. The van der Waals surface area contributed by atoms with Crippen LogP contribution in [0.25, 0.3) is 10.6 Å². The first-order valence-corrected chi connectivity index (χ1v) is 6.50. The minimum absolute atomic E-state index is 0.192. The lowest BCUT2D eigenvalue weighted by atomic mass is 10.1. The Kier molecular flexibility index (Phi) is 2.53. The number of aliphatic hydroxyl groups is 1. The van der Waals surface area contributed by atoms with Gasteiger partial charge in [0.05, 0.1) is 4.88 Å². The Morgan fingerprint density at radius 3 is 3.00 bits per heavy atom. The van der Waals surface area contributed by atoms with E-state index in [9.17, 15) is 0 Å². The van der Waals surface area contributed by atoms with Gasteiger partial charge in [0, 0.05) is 23.8 Å². The lowest BCUT2D eigenvalue weighted by Gasteiger charge is -2.01. The zero-order chi connectivity index (χ0) is 11.0. The van der Waals surface area contributed by atoms with E-state index in [1.165, 1.54) is 29.0 Å². The van der Waals surface area contributed by atoms with Crippen LogP contribution < -0.4 is 0 Å². The van der Waals surface area contributed by atoms with Gasteiger partial charge in [-0.05, 0) is 30.7 Å². The summed E-state index contributed by atoms with van der Waals surface area (Å²) in [6.45, 7) is 0.192. The van der Waals surface area contributed by atoms with E-state index in [1.807, 2.05) is 6.07 Å². The smallest absolute Gasteiger partial charge is 0.106 e. The van der Waals surface area contributed by atoms with E-state index >= 15 is 0 Å². The number of thiophene rings is 1. The standard InChI is InChI=1S/C12H14N2OS/c15-6-5-9-11(8-3-4-8)13-14-12(9)10-2-1-7-16-10/h1-2,7-8,15H,3-6H2,(H,13,14). The van der Waals surface area contributed by atoms with Gasteiger partial charge >= 0.3 is 0 Å². The van der Waals surface area contributed by atoms with Crippen LogP contribution >= 0.6 is 11.3 Å². The van der Waals surface area contributed by atoms with Crippen molar-refractivity contribution in [1.29, 1.82) is 0 Å². The first-order chi connectivity index (χ1) is 7.90. The van der Waals surface area contributed by atoms with E-state index in [2.05, 4.69) is 21.6 Å². The predicted octanol–water partition coefficient (Wildman–Crippen LogP) is 2.55. The molecule has 0 atom stereocenters. The summed E-state index contributed by atoms with van der Waals surface area (Å²) in [6, 6.07) is 4.12. The molecule has 0 unspecified atom stereocenters. The number of aromatic amines is 1. The van der Waals surface area contributed by atoms with Crippen LogP contribution in [0.15, 0.2) is 17.5 Å². The van der Waals surface area contributed by atoms with Gasteiger partial charge in [-0.25, -0.2) is 0 Å². The minimum atomic E-state index is 0.192. The molecule has 84 valence electrons. The summed E-state index contributed by atoms with van der Waals surface area (Å²) in [7, 11) is 0. The molecule has 0 aromatic carbocycles. The van der Waals surface area contributed by atoms with Crippen molar-refractivity contribution in [2.75, 3.05) is 6.61 Å². The molecule has 1 saturated carbocycles. The molecule has 1 aliphatic carbocycles. The molecule has 0 bridgehead atoms. The number of hydrogen-bond donors (Lipinski definition) is 2. The maximum absolute atomic E-state index is 9.15. The van der Waals surface area contributed by atoms with Gasteiger partial charge in [0.15, 0.2) is 0 Å². The van der Waals surface area contributed by atoms with Gasteiger partial charge in [-0.1, -0.05) is 6.07 Å². The van der Waals surface area contributed by atoms with Crippen LogP contribution in [0.4, 0.5) is 0 Å². The second kappa shape index (κ2) is 4.03. The van der Waals surface area contributed by atoms with Crippen LogP contribution in [0.5, 0.6) is 0 Å². The second-order valence-electron chi connectivity index (χ2n) is 4.19. The van der Waals surface area contributed by atoms with Crippen LogP contribution in [0.3, 0.4) is 0 Å². The highest BCUT2D eigenvalue weighted by Crippen LogP contribution is 2.43. The van der Waals surface area contributed by atoms with Crippen molar-refractivity contribution in [3.05, 3.63) is 28.8 Å². The molecule has 0 amide bonds. The molecule has 16 heavy (non-hydrogen) atoms. The summed E-state index contributed by atoms with van der Waals surface area (Å²) < 4.78 is 0. The zero-order valence-corrected chi connectivity index (χ0v) is 9.76. The van der Waals surface area contributed by atoms with Gasteiger partial charge in [0.2, 0.25) is 0 Å². The Bertz CT molecular complexity index is 471. The van der Waals surface area contributed by atoms with E-state index in [4.69, 9.17) is 5.11 Å². The van der Waals surface area contributed by atoms with Crippen LogP contribution in [0.2, 0.25) is 0 Å². The molecule has 2 heterocycles. The first kappa shape index (κ1) is 10.1. The Morgan fingerprint density at radius 1 is 1.50 bits per heavy atom. The van der Waals surface area contributed by atoms with E-state index in [1.54, 1.807) is 11.3 Å². The van der Waals surface area contributed by atoms with Gasteiger partial charge in [-0.3, -0.25) is 5.10 Å². The molecule has 0 spiro atoms. The average molecular weight is 234 g/mol. The van der Waals surface area contributed by atoms with E-state index in [0.717, 1.165) is 5.69 Å². The lowest BCUT2D eigenvalue weighted by molar-refractivity contribution is 0.299. The number of nitrogens with one attached hydrogen (secondary N) is 1. The zero-order valence-electron chi connectivity index (χ0n) is 8.94. The molecule has 3 rings (SSSR count). The fourth-order valence-corrected chi connectivity index (χ4v) is 2.81. The average Bonchev–Trinajstić information content (AvgIpc) is 2.84. The van der Waals surface area contributed by atoms with Crippen molar-refractivity contribution in [2.45, 2.75) is 25.2 Å². The fourth-order valence-electron chi connectivity index (χ4n) is 2.07. The summed E-state index contributed by atoms with van der Waals surface area (Å²) in [5.74, 6) is 0.655. The van der Waals surface area contributed by atoms with Gasteiger partial charge in [0.1, 0.15) is 5.69 Å². The van der Waals surface area contributed by atoms with Gasteiger partial charge in [0.25, 0.3) is 0 Å². The number of hydrogen-bond acceptors (Lipinski definition) is 3. The molecule has 2 N–H and O–H groups in total. The third-order valence-corrected chi connectivity index (χ3v) is 3.88. The molecule has 1 aliphatic rings. The number of aliphatic hydroxyl groups excluding tert-OH is 1. The first-order valence-electron chi connectivity index (χ1n) is 5.62. The molecule has 2 aromatic rings. The highest BCUT2D eigenvalue weighted by Gasteiger charge is 2.29. The maximum atomic E-state index is 9.15. The Balaban J connectivity index is 2.03. The third-order valence-electron chi connectivity index (χ3n) is 3.00. The lowest BCUT2D eigenvalue weighted by Crippen LogP contribution is -1.95. The van der Waals surface area contributed by atoms with Crippen LogP contribution in [0, 0.1) is 0 Å². The Hall–Kier alpha value is -1.13. The molecule has 0 aliphatic heterocycles. The van der Waals surface area contributed by atoms with Crippen LogP contribution in [0.1, 0.15) is 30.0 Å². The number of rotatable bonds is 4. The van der Waals surface area contributed by atoms with Gasteiger partial charge in [-0.15, -0.1) is 11.3 Å². The fraction of sp³-hybridized carbons (Fsp3) is 0.417. The summed E-state index contributed by atoms with van der Waals surface area (Å²) in [6.07, 6.45) is 3.21. The van der Waals surface area contributed by atoms with E-state index in [0.29, 0.717) is 12.3 Å². The van der Waals surface area contributed by atoms with Crippen LogP contribution in [-0.4, -0.2) is 21.9 Å². The monoisotopic (exact) mass is 234 g/mol. The molecule has 4 heteroatoms. The molecule has 0 saturated heterocycles. The highest BCUT2D eigenvalue weighted by atomic mass is 32.1. The summed E-state index contributed by atoms with van der Waals surface area (Å²) in [4.78, 5) is 1.19. The van der Waals surface area contributed by atoms with E-state index < -0.39 is 0 Å². The highest BCUT2D eigenvalue weighted by molar-refractivity contribution is 7.13. The number of nitrogens with zero attached hydrogens (tertiary/aromatic N) is 1. The molecular formula is C12H14N2OS. The molecule has 0 radical (unpaired) electrons. The summed E-state index contributed by atoms with van der Waals surface area (Å²) >= 11 is 1.70. The number of aromatic nitrogens is 2. The summed E-state index contributed by atoms with van der Waals surface area (Å²) in [5, 5.41) is 18.8. The third kappa shape index (κ3) is 1.68. The van der Waals surface area contributed by atoms with Gasteiger partial charge < -0.3 is 5.11 Å². The molecular weight excluding hydrogens is 220 g/mol. The van der Waals surface area contributed by atoms with Crippen LogP contribution in [-0.2, 0) is 6.42 Å². The van der Waals surface area contributed by atoms with Crippen molar-refractivity contribution < 1.29 is 5.11 Å². The molecule has 3 nitrogen and oxygen atoms in total. The quantitative estimate of drug-likeness (QED) is 0.854.